The molecule has 19 heavy (non-hydrogen) atoms. The molecule has 5 heteroatoms. The van der Waals surface area contributed by atoms with E-state index in [1.165, 1.54) is 0 Å². The molecule has 1 fully saturated rings. The molecule has 1 rings (SSSR count). The minimum atomic E-state index is -0.367. The molecule has 0 radical (unpaired) electrons. The van der Waals surface area contributed by atoms with Gasteiger partial charge in [-0.3, -0.25) is 4.90 Å². The second-order valence-corrected chi connectivity index (χ2v) is 5.40. The number of carbonyl (C=O) groups is 1. The van der Waals surface area contributed by atoms with Crippen molar-refractivity contribution in [3.05, 3.63) is 0 Å². The van der Waals surface area contributed by atoms with Gasteiger partial charge in [-0.2, -0.15) is 0 Å². The van der Waals surface area contributed by atoms with Crippen molar-refractivity contribution in [3.8, 4) is 0 Å². The van der Waals surface area contributed by atoms with Gasteiger partial charge in [0, 0.05) is 40.0 Å². The van der Waals surface area contributed by atoms with Crippen molar-refractivity contribution in [2.24, 2.45) is 5.41 Å². The fourth-order valence-corrected chi connectivity index (χ4v) is 2.54. The van der Waals surface area contributed by atoms with Crippen molar-refractivity contribution in [3.63, 3.8) is 0 Å². The molecule has 0 aliphatic carbocycles. The van der Waals surface area contributed by atoms with Gasteiger partial charge in [0.05, 0.1) is 25.2 Å². The lowest BCUT2D eigenvalue weighted by atomic mass is 9.83. The third-order valence-corrected chi connectivity index (χ3v) is 3.73. The number of ether oxygens (including phenoxy) is 3. The first-order valence-corrected chi connectivity index (χ1v) is 6.93. The summed E-state index contributed by atoms with van der Waals surface area (Å²) in [5.74, 6) is 0. The van der Waals surface area contributed by atoms with Crippen LogP contribution in [-0.4, -0.2) is 71.0 Å². The van der Waals surface area contributed by atoms with Gasteiger partial charge in [-0.1, -0.05) is 0 Å². The van der Waals surface area contributed by atoms with E-state index in [0.717, 1.165) is 32.3 Å². The van der Waals surface area contributed by atoms with Crippen LogP contribution in [0.4, 0.5) is 0 Å². The first-order valence-electron chi connectivity index (χ1n) is 6.93. The summed E-state index contributed by atoms with van der Waals surface area (Å²) in [5.41, 5.74) is -0.367. The van der Waals surface area contributed by atoms with E-state index in [2.05, 4.69) is 11.8 Å². The van der Waals surface area contributed by atoms with Crippen molar-refractivity contribution >= 4 is 6.29 Å². The molecule has 0 aromatic carbocycles. The molecule has 2 unspecified atom stereocenters. The van der Waals surface area contributed by atoms with Crippen LogP contribution in [0.25, 0.3) is 0 Å². The molecule has 1 heterocycles. The van der Waals surface area contributed by atoms with Crippen LogP contribution in [0.1, 0.15) is 19.8 Å². The Morgan fingerprint density at radius 1 is 1.42 bits per heavy atom. The Hall–Kier alpha value is -0.490. The third-order valence-electron chi connectivity index (χ3n) is 3.73. The minimum Gasteiger partial charge on any atom is -0.383 e. The van der Waals surface area contributed by atoms with Gasteiger partial charge in [-0.15, -0.1) is 0 Å². The second-order valence-electron chi connectivity index (χ2n) is 5.40. The number of rotatable bonds is 9. The molecule has 0 bridgehead atoms. The van der Waals surface area contributed by atoms with Crippen LogP contribution < -0.4 is 0 Å². The standard InChI is InChI=1S/C14H27NO4/c1-13(9-18-3)15(6-8-17-2)10-14(11-16)5-4-7-19-12-14/h11,13H,4-10,12H2,1-3H3. The van der Waals surface area contributed by atoms with Crippen LogP contribution in [0.5, 0.6) is 0 Å². The monoisotopic (exact) mass is 273 g/mol. The van der Waals surface area contributed by atoms with Crippen LogP contribution in [0.3, 0.4) is 0 Å². The van der Waals surface area contributed by atoms with E-state index < -0.39 is 0 Å². The Bertz CT molecular complexity index is 254. The summed E-state index contributed by atoms with van der Waals surface area (Å²) < 4.78 is 15.9. The van der Waals surface area contributed by atoms with E-state index in [0.29, 0.717) is 26.4 Å². The SMILES string of the molecule is COCCN(CC1(C=O)CCCOC1)C(C)COC. The fraction of sp³-hybridized carbons (Fsp3) is 0.929. The minimum absolute atomic E-state index is 0.263. The van der Waals surface area contributed by atoms with Gasteiger partial charge < -0.3 is 19.0 Å². The molecule has 1 aliphatic heterocycles. The summed E-state index contributed by atoms with van der Waals surface area (Å²) in [5, 5.41) is 0. The van der Waals surface area contributed by atoms with Gasteiger partial charge in [0.1, 0.15) is 6.29 Å². The average Bonchev–Trinajstić information content (AvgIpc) is 2.44. The van der Waals surface area contributed by atoms with Gasteiger partial charge in [0.2, 0.25) is 0 Å². The first-order chi connectivity index (χ1) is 9.17. The predicted molar refractivity (Wildman–Crippen MR) is 73.3 cm³/mol. The molecular weight excluding hydrogens is 246 g/mol. The van der Waals surface area contributed by atoms with Crippen molar-refractivity contribution in [1.82, 2.24) is 4.90 Å². The Balaban J connectivity index is 2.64. The van der Waals surface area contributed by atoms with Crippen LogP contribution in [0, 0.1) is 5.41 Å². The van der Waals surface area contributed by atoms with E-state index in [1.807, 2.05) is 0 Å². The summed E-state index contributed by atoms with van der Waals surface area (Å²) in [6, 6.07) is 0.263. The third kappa shape index (κ3) is 5.18. The van der Waals surface area contributed by atoms with Crippen molar-refractivity contribution in [1.29, 1.82) is 0 Å². The zero-order chi connectivity index (χ0) is 14.1. The zero-order valence-electron chi connectivity index (χ0n) is 12.4. The predicted octanol–water partition coefficient (Wildman–Crippen LogP) is 0.965. The highest BCUT2D eigenvalue weighted by Crippen LogP contribution is 2.28. The van der Waals surface area contributed by atoms with Crippen molar-refractivity contribution in [2.45, 2.75) is 25.8 Å². The molecular formula is C14H27NO4. The smallest absolute Gasteiger partial charge is 0.129 e. The number of hydrogen-bond acceptors (Lipinski definition) is 5. The molecule has 0 N–H and O–H groups in total. The van der Waals surface area contributed by atoms with E-state index in [9.17, 15) is 4.79 Å². The molecule has 0 amide bonds. The summed E-state index contributed by atoms with van der Waals surface area (Å²) in [6.07, 6.45) is 2.93. The molecule has 0 aromatic heterocycles. The fourth-order valence-electron chi connectivity index (χ4n) is 2.54. The van der Waals surface area contributed by atoms with E-state index in [1.54, 1.807) is 14.2 Å². The molecule has 0 spiro atoms. The summed E-state index contributed by atoms with van der Waals surface area (Å²) in [6.45, 7) is 6.23. The quantitative estimate of drug-likeness (QED) is 0.586. The Labute approximate surface area is 116 Å². The van der Waals surface area contributed by atoms with Crippen LogP contribution in [0.15, 0.2) is 0 Å². The Morgan fingerprint density at radius 2 is 2.21 bits per heavy atom. The highest BCUT2D eigenvalue weighted by molar-refractivity contribution is 5.60. The normalized spacial score (nSPS) is 25.5. The molecule has 2 atom stereocenters. The van der Waals surface area contributed by atoms with Crippen LogP contribution in [-0.2, 0) is 19.0 Å². The maximum Gasteiger partial charge on any atom is 0.129 e. The number of nitrogens with zero attached hydrogens (tertiary/aromatic N) is 1. The molecule has 1 aliphatic rings. The lowest BCUT2D eigenvalue weighted by Gasteiger charge is -2.39. The maximum absolute atomic E-state index is 11.5. The zero-order valence-corrected chi connectivity index (χ0v) is 12.4. The summed E-state index contributed by atoms with van der Waals surface area (Å²) in [7, 11) is 3.39. The number of methoxy groups -OCH3 is 2. The van der Waals surface area contributed by atoms with Gasteiger partial charge in [0.15, 0.2) is 0 Å². The number of aldehydes is 1. The van der Waals surface area contributed by atoms with Gasteiger partial charge >= 0.3 is 0 Å². The average molecular weight is 273 g/mol. The summed E-state index contributed by atoms with van der Waals surface area (Å²) >= 11 is 0. The van der Waals surface area contributed by atoms with Crippen LogP contribution in [0.2, 0.25) is 0 Å². The van der Waals surface area contributed by atoms with E-state index in [4.69, 9.17) is 14.2 Å². The van der Waals surface area contributed by atoms with Crippen LogP contribution >= 0.6 is 0 Å². The second kappa shape index (κ2) is 8.64. The lowest BCUT2D eigenvalue weighted by molar-refractivity contribution is -0.126. The molecule has 1 saturated heterocycles. The molecule has 0 aromatic rings. The van der Waals surface area contributed by atoms with Gasteiger partial charge in [-0.05, 0) is 19.8 Å². The highest BCUT2D eigenvalue weighted by Gasteiger charge is 2.35. The van der Waals surface area contributed by atoms with E-state index in [-0.39, 0.29) is 11.5 Å². The summed E-state index contributed by atoms with van der Waals surface area (Å²) in [4.78, 5) is 13.8. The maximum atomic E-state index is 11.5. The number of hydrogen-bond donors (Lipinski definition) is 0. The van der Waals surface area contributed by atoms with Gasteiger partial charge in [0.25, 0.3) is 0 Å². The molecule has 5 nitrogen and oxygen atoms in total. The lowest BCUT2D eigenvalue weighted by Crippen LogP contribution is -2.49. The largest absolute Gasteiger partial charge is 0.383 e. The Morgan fingerprint density at radius 3 is 2.74 bits per heavy atom. The topological polar surface area (TPSA) is 48.0 Å². The molecule has 0 saturated carbocycles. The van der Waals surface area contributed by atoms with Gasteiger partial charge in [-0.25, -0.2) is 0 Å². The van der Waals surface area contributed by atoms with Crippen molar-refractivity contribution in [2.75, 3.05) is 53.7 Å². The Kier molecular flexibility index (Phi) is 7.53. The highest BCUT2D eigenvalue weighted by atomic mass is 16.5. The van der Waals surface area contributed by atoms with E-state index >= 15 is 0 Å². The number of carbonyl (C=O) groups excluding carboxylic acids is 1. The first kappa shape index (κ1) is 16.6. The van der Waals surface area contributed by atoms with Crippen molar-refractivity contribution < 1.29 is 19.0 Å². The molecule has 112 valence electrons.